The summed E-state index contributed by atoms with van der Waals surface area (Å²) in [6, 6.07) is 9.20. The monoisotopic (exact) mass is 327 g/mol. The molecule has 0 bridgehead atoms. The van der Waals surface area contributed by atoms with Crippen molar-refractivity contribution in [3.63, 3.8) is 0 Å². The van der Waals surface area contributed by atoms with Gasteiger partial charge in [-0.15, -0.1) is 0 Å². The third kappa shape index (κ3) is 3.27. The Bertz CT molecular complexity index is 845. The molecule has 0 atom stereocenters. The molecule has 2 aromatic rings. The first-order valence-electron chi connectivity index (χ1n) is 7.19. The van der Waals surface area contributed by atoms with Crippen LogP contribution in [-0.4, -0.2) is 25.4 Å². The van der Waals surface area contributed by atoms with Crippen molar-refractivity contribution in [2.24, 2.45) is 0 Å². The summed E-state index contributed by atoms with van der Waals surface area (Å²) < 4.78 is 23.7. The molecule has 0 spiro atoms. The second kappa shape index (κ2) is 6.54. The van der Waals surface area contributed by atoms with Gasteiger partial charge in [-0.3, -0.25) is 9.59 Å². The van der Waals surface area contributed by atoms with E-state index in [1.807, 2.05) is 0 Å². The van der Waals surface area contributed by atoms with Crippen LogP contribution >= 0.6 is 0 Å². The highest BCUT2D eigenvalue weighted by molar-refractivity contribution is 6.08. The molecule has 0 fully saturated rings. The summed E-state index contributed by atoms with van der Waals surface area (Å²) in [6.07, 6.45) is 2.86. The number of ether oxygens (including phenoxy) is 2. The van der Waals surface area contributed by atoms with Crippen LogP contribution in [0.25, 0.3) is 6.08 Å². The highest BCUT2D eigenvalue weighted by Gasteiger charge is 2.17. The molecule has 5 nitrogen and oxygen atoms in total. The maximum absolute atomic E-state index is 13.6. The van der Waals surface area contributed by atoms with Crippen LogP contribution in [0.1, 0.15) is 15.9 Å². The molecule has 6 heteroatoms. The van der Waals surface area contributed by atoms with E-state index < -0.39 is 5.82 Å². The molecule has 2 aromatic carbocycles. The number of anilines is 1. The fourth-order valence-electron chi connectivity index (χ4n) is 2.29. The Morgan fingerprint density at radius 3 is 2.88 bits per heavy atom. The van der Waals surface area contributed by atoms with Gasteiger partial charge in [-0.05, 0) is 42.0 Å². The van der Waals surface area contributed by atoms with Gasteiger partial charge in [-0.2, -0.15) is 0 Å². The number of carbonyl (C=O) groups excluding carboxylic acids is 2. The number of methoxy groups -OCH3 is 1. The van der Waals surface area contributed by atoms with E-state index in [4.69, 9.17) is 9.47 Å². The molecule has 0 aromatic heterocycles. The average molecular weight is 327 g/mol. The second-order valence-corrected chi connectivity index (χ2v) is 5.14. The first-order chi connectivity index (χ1) is 11.6. The average Bonchev–Trinajstić information content (AvgIpc) is 2.59. The van der Waals surface area contributed by atoms with Gasteiger partial charge in [0.2, 0.25) is 0 Å². The molecular formula is C18H14FNO4. The van der Waals surface area contributed by atoms with E-state index >= 15 is 0 Å². The van der Waals surface area contributed by atoms with Crippen molar-refractivity contribution >= 4 is 23.5 Å². The lowest BCUT2D eigenvalue weighted by molar-refractivity contribution is -0.118. The van der Waals surface area contributed by atoms with Crippen LogP contribution in [-0.2, 0) is 4.79 Å². The summed E-state index contributed by atoms with van der Waals surface area (Å²) in [6.45, 7) is -0.0385. The first kappa shape index (κ1) is 15.7. The SMILES string of the molecule is COc1ccc(/C=C/C(=O)c2ccc3c(c2)NC(=O)CO3)cc1F. The number of ketones is 1. The van der Waals surface area contributed by atoms with Gasteiger partial charge < -0.3 is 14.8 Å². The molecule has 1 aliphatic heterocycles. The molecule has 0 radical (unpaired) electrons. The minimum Gasteiger partial charge on any atom is -0.494 e. The number of rotatable bonds is 4. The van der Waals surface area contributed by atoms with Gasteiger partial charge in [0.05, 0.1) is 12.8 Å². The van der Waals surface area contributed by atoms with Crippen molar-refractivity contribution in [2.75, 3.05) is 19.0 Å². The van der Waals surface area contributed by atoms with Crippen LogP contribution in [0.5, 0.6) is 11.5 Å². The Balaban J connectivity index is 1.78. The largest absolute Gasteiger partial charge is 0.494 e. The fraction of sp³-hybridized carbons (Fsp3) is 0.111. The number of fused-ring (bicyclic) bond motifs is 1. The number of nitrogens with one attached hydrogen (secondary N) is 1. The summed E-state index contributed by atoms with van der Waals surface area (Å²) >= 11 is 0. The Hall–Kier alpha value is -3.15. The van der Waals surface area contributed by atoms with Gasteiger partial charge in [0.15, 0.2) is 24.0 Å². The number of hydrogen-bond acceptors (Lipinski definition) is 4. The van der Waals surface area contributed by atoms with E-state index in [1.165, 1.54) is 31.4 Å². The van der Waals surface area contributed by atoms with Gasteiger partial charge in [0.25, 0.3) is 5.91 Å². The molecule has 24 heavy (non-hydrogen) atoms. The van der Waals surface area contributed by atoms with Crippen LogP contribution in [0.4, 0.5) is 10.1 Å². The Labute approximate surface area is 137 Å². The quantitative estimate of drug-likeness (QED) is 0.692. The summed E-state index contributed by atoms with van der Waals surface area (Å²) in [4.78, 5) is 23.6. The first-order valence-corrected chi connectivity index (χ1v) is 7.19. The third-order valence-corrected chi connectivity index (χ3v) is 3.50. The van der Waals surface area contributed by atoms with E-state index in [-0.39, 0.29) is 24.0 Å². The van der Waals surface area contributed by atoms with Gasteiger partial charge in [0, 0.05) is 5.56 Å². The predicted molar refractivity (Wildman–Crippen MR) is 86.9 cm³/mol. The lowest BCUT2D eigenvalue weighted by Crippen LogP contribution is -2.25. The number of allylic oxidation sites excluding steroid dienone is 1. The maximum atomic E-state index is 13.6. The van der Waals surface area contributed by atoms with Crippen molar-refractivity contribution in [1.82, 2.24) is 0 Å². The Kier molecular flexibility index (Phi) is 4.29. The minimum absolute atomic E-state index is 0.0385. The number of halogens is 1. The molecule has 1 amide bonds. The topological polar surface area (TPSA) is 64.6 Å². The molecule has 0 unspecified atom stereocenters. The zero-order valence-electron chi connectivity index (χ0n) is 12.8. The molecule has 1 aliphatic rings. The highest BCUT2D eigenvalue weighted by atomic mass is 19.1. The fourth-order valence-corrected chi connectivity index (χ4v) is 2.29. The zero-order chi connectivity index (χ0) is 17.1. The number of hydrogen-bond donors (Lipinski definition) is 1. The van der Waals surface area contributed by atoms with Crippen molar-refractivity contribution in [3.8, 4) is 11.5 Å². The van der Waals surface area contributed by atoms with E-state index in [0.717, 1.165) is 0 Å². The van der Waals surface area contributed by atoms with Gasteiger partial charge in [-0.25, -0.2) is 4.39 Å². The molecule has 3 rings (SSSR count). The molecule has 0 saturated heterocycles. The van der Waals surface area contributed by atoms with Crippen LogP contribution in [0.2, 0.25) is 0 Å². The second-order valence-electron chi connectivity index (χ2n) is 5.14. The zero-order valence-corrected chi connectivity index (χ0v) is 12.8. The normalized spacial score (nSPS) is 13.2. The summed E-state index contributed by atoms with van der Waals surface area (Å²) in [5.74, 6) is -0.373. The van der Waals surface area contributed by atoms with Crippen molar-refractivity contribution in [2.45, 2.75) is 0 Å². The Morgan fingerprint density at radius 1 is 1.29 bits per heavy atom. The third-order valence-electron chi connectivity index (χ3n) is 3.50. The molecule has 0 saturated carbocycles. The van der Waals surface area contributed by atoms with Crippen LogP contribution in [0, 0.1) is 5.82 Å². The van der Waals surface area contributed by atoms with Crippen molar-refractivity contribution < 1.29 is 23.5 Å². The highest BCUT2D eigenvalue weighted by Crippen LogP contribution is 2.28. The number of amides is 1. The van der Waals surface area contributed by atoms with E-state index in [2.05, 4.69) is 5.32 Å². The van der Waals surface area contributed by atoms with Gasteiger partial charge in [-0.1, -0.05) is 12.1 Å². The van der Waals surface area contributed by atoms with Crippen molar-refractivity contribution in [1.29, 1.82) is 0 Å². The van der Waals surface area contributed by atoms with Crippen molar-refractivity contribution in [3.05, 3.63) is 59.4 Å². The lowest BCUT2D eigenvalue weighted by Gasteiger charge is -2.17. The summed E-state index contributed by atoms with van der Waals surface area (Å²) in [5, 5.41) is 2.65. The summed E-state index contributed by atoms with van der Waals surface area (Å²) in [7, 11) is 1.38. The summed E-state index contributed by atoms with van der Waals surface area (Å²) in [5.41, 5.74) is 1.39. The molecule has 1 N–H and O–H groups in total. The molecular weight excluding hydrogens is 313 g/mol. The predicted octanol–water partition coefficient (Wildman–Crippen LogP) is 3.06. The molecule has 1 heterocycles. The number of carbonyl (C=O) groups is 2. The van der Waals surface area contributed by atoms with Crippen LogP contribution in [0.15, 0.2) is 42.5 Å². The van der Waals surface area contributed by atoms with Crippen LogP contribution < -0.4 is 14.8 Å². The lowest BCUT2D eigenvalue weighted by atomic mass is 10.1. The number of benzene rings is 2. The van der Waals surface area contributed by atoms with Crippen LogP contribution in [0.3, 0.4) is 0 Å². The van der Waals surface area contributed by atoms with E-state index in [9.17, 15) is 14.0 Å². The smallest absolute Gasteiger partial charge is 0.262 e. The maximum Gasteiger partial charge on any atom is 0.262 e. The van der Waals surface area contributed by atoms with E-state index in [1.54, 1.807) is 24.3 Å². The minimum atomic E-state index is -0.499. The molecule has 0 aliphatic carbocycles. The van der Waals surface area contributed by atoms with Gasteiger partial charge in [0.1, 0.15) is 5.75 Å². The Morgan fingerprint density at radius 2 is 2.12 bits per heavy atom. The molecule has 122 valence electrons. The van der Waals surface area contributed by atoms with Gasteiger partial charge >= 0.3 is 0 Å². The van der Waals surface area contributed by atoms with E-state index in [0.29, 0.717) is 22.6 Å². The standard InChI is InChI=1S/C18H14FNO4/c1-23-16-6-3-11(8-13(16)19)2-5-15(21)12-4-7-17-14(9-12)20-18(22)10-24-17/h2-9H,10H2,1H3,(H,20,22)/b5-2+.